The van der Waals surface area contributed by atoms with Crippen LogP contribution in [-0.2, 0) is 29.0 Å². The first kappa shape index (κ1) is 20.8. The Morgan fingerprint density at radius 2 is 1.21 bits per heavy atom. The van der Waals surface area contributed by atoms with Gasteiger partial charge in [0.05, 0.1) is 6.61 Å². The second-order valence-electron chi connectivity index (χ2n) is 7.17. The Bertz CT molecular complexity index is 808. The third kappa shape index (κ3) is 6.58. The van der Waals surface area contributed by atoms with Gasteiger partial charge in [0, 0.05) is 13.1 Å². The van der Waals surface area contributed by atoms with Crippen LogP contribution in [0.2, 0.25) is 0 Å². The molecule has 3 heteroatoms. The number of esters is 1. The van der Waals surface area contributed by atoms with Gasteiger partial charge in [0.25, 0.3) is 0 Å². The summed E-state index contributed by atoms with van der Waals surface area (Å²) >= 11 is 0. The molecular formula is C26H29NO2. The fourth-order valence-electron chi connectivity index (χ4n) is 3.55. The van der Waals surface area contributed by atoms with Crippen molar-refractivity contribution in [3.63, 3.8) is 0 Å². The zero-order chi connectivity index (χ0) is 20.3. The molecule has 150 valence electrons. The summed E-state index contributed by atoms with van der Waals surface area (Å²) in [6.45, 7) is 3.66. The number of aryl methyl sites for hydroxylation is 1. The molecule has 0 saturated carbocycles. The predicted molar refractivity (Wildman–Crippen MR) is 117 cm³/mol. The summed E-state index contributed by atoms with van der Waals surface area (Å²) in [4.78, 5) is 15.2. The van der Waals surface area contributed by atoms with Crippen LogP contribution in [0, 0.1) is 0 Å². The molecule has 3 rings (SSSR count). The molecule has 0 aliphatic carbocycles. The molecule has 1 atom stereocenters. The Morgan fingerprint density at radius 1 is 0.759 bits per heavy atom. The highest BCUT2D eigenvalue weighted by molar-refractivity contribution is 5.75. The van der Waals surface area contributed by atoms with E-state index in [9.17, 15) is 4.79 Å². The van der Waals surface area contributed by atoms with Crippen LogP contribution in [0.5, 0.6) is 0 Å². The van der Waals surface area contributed by atoms with E-state index in [2.05, 4.69) is 41.3 Å². The van der Waals surface area contributed by atoms with Gasteiger partial charge in [0.1, 0.15) is 6.04 Å². The lowest BCUT2D eigenvalue weighted by Crippen LogP contribution is -2.41. The molecule has 0 saturated heterocycles. The third-order valence-corrected chi connectivity index (χ3v) is 5.01. The van der Waals surface area contributed by atoms with Crippen LogP contribution in [0.3, 0.4) is 0 Å². The smallest absolute Gasteiger partial charge is 0.323 e. The third-order valence-electron chi connectivity index (χ3n) is 5.01. The molecule has 0 aliphatic heterocycles. The molecule has 3 aromatic rings. The average Bonchev–Trinajstić information content (AvgIpc) is 2.76. The van der Waals surface area contributed by atoms with Crippen molar-refractivity contribution in [1.82, 2.24) is 4.90 Å². The van der Waals surface area contributed by atoms with Gasteiger partial charge in [-0.1, -0.05) is 91.0 Å². The highest BCUT2D eigenvalue weighted by Gasteiger charge is 2.27. The Morgan fingerprint density at radius 3 is 1.66 bits per heavy atom. The first-order valence-electron chi connectivity index (χ1n) is 10.3. The minimum absolute atomic E-state index is 0.143. The molecule has 0 aliphatic rings. The van der Waals surface area contributed by atoms with Crippen molar-refractivity contribution in [2.45, 2.75) is 38.9 Å². The molecule has 0 spiro atoms. The first-order valence-corrected chi connectivity index (χ1v) is 10.3. The maximum Gasteiger partial charge on any atom is 0.323 e. The van der Waals surface area contributed by atoms with Crippen LogP contribution in [0.4, 0.5) is 0 Å². The topological polar surface area (TPSA) is 29.5 Å². The standard InChI is InChI=1S/C26H29NO2/c1-2-29-26(28)25(19-18-22-12-6-3-7-13-22)27(20-23-14-8-4-9-15-23)21-24-16-10-5-11-17-24/h3-17,25H,2,18-21H2,1H3. The van der Waals surface area contributed by atoms with E-state index in [4.69, 9.17) is 4.74 Å². The second kappa shape index (κ2) is 11.2. The summed E-state index contributed by atoms with van der Waals surface area (Å²) in [7, 11) is 0. The summed E-state index contributed by atoms with van der Waals surface area (Å²) in [5.41, 5.74) is 3.62. The predicted octanol–water partition coefficient (Wildman–Crippen LogP) is 5.25. The molecule has 0 amide bonds. The fraction of sp³-hybridized carbons (Fsp3) is 0.269. The molecule has 29 heavy (non-hydrogen) atoms. The molecule has 0 heterocycles. The van der Waals surface area contributed by atoms with Crippen molar-refractivity contribution in [2.75, 3.05) is 6.61 Å². The highest BCUT2D eigenvalue weighted by Crippen LogP contribution is 2.19. The van der Waals surface area contributed by atoms with Gasteiger partial charge in [0.15, 0.2) is 0 Å². The summed E-state index contributed by atoms with van der Waals surface area (Å²) in [6, 6.07) is 30.7. The van der Waals surface area contributed by atoms with Crippen LogP contribution in [0.15, 0.2) is 91.0 Å². The van der Waals surface area contributed by atoms with Crippen molar-refractivity contribution < 1.29 is 9.53 Å². The molecule has 0 aromatic heterocycles. The molecule has 3 nitrogen and oxygen atoms in total. The molecule has 1 unspecified atom stereocenters. The number of hydrogen-bond acceptors (Lipinski definition) is 3. The van der Waals surface area contributed by atoms with Gasteiger partial charge in [-0.3, -0.25) is 9.69 Å². The zero-order valence-corrected chi connectivity index (χ0v) is 17.0. The van der Waals surface area contributed by atoms with Crippen LogP contribution in [-0.4, -0.2) is 23.5 Å². The second-order valence-corrected chi connectivity index (χ2v) is 7.17. The number of benzene rings is 3. The van der Waals surface area contributed by atoms with E-state index in [-0.39, 0.29) is 12.0 Å². The van der Waals surface area contributed by atoms with E-state index in [1.165, 1.54) is 16.7 Å². The van der Waals surface area contributed by atoms with Crippen LogP contribution in [0.25, 0.3) is 0 Å². The van der Waals surface area contributed by atoms with Gasteiger partial charge in [-0.2, -0.15) is 0 Å². The quantitative estimate of drug-likeness (QED) is 0.445. The largest absolute Gasteiger partial charge is 0.465 e. The van der Waals surface area contributed by atoms with E-state index in [1.54, 1.807) is 0 Å². The van der Waals surface area contributed by atoms with Gasteiger partial charge in [-0.05, 0) is 36.5 Å². The van der Waals surface area contributed by atoms with Crippen molar-refractivity contribution in [3.8, 4) is 0 Å². The van der Waals surface area contributed by atoms with Gasteiger partial charge in [-0.15, -0.1) is 0 Å². The molecular weight excluding hydrogens is 358 g/mol. The molecule has 0 bridgehead atoms. The van der Waals surface area contributed by atoms with Crippen molar-refractivity contribution in [2.24, 2.45) is 0 Å². The molecule has 0 N–H and O–H groups in total. The number of hydrogen-bond donors (Lipinski definition) is 0. The minimum Gasteiger partial charge on any atom is -0.465 e. The Kier molecular flexibility index (Phi) is 8.02. The molecule has 0 radical (unpaired) electrons. The Labute approximate surface area is 174 Å². The Hall–Kier alpha value is -2.91. The monoisotopic (exact) mass is 387 g/mol. The van der Waals surface area contributed by atoms with Gasteiger partial charge in [0.2, 0.25) is 0 Å². The normalized spacial score (nSPS) is 11.9. The maximum atomic E-state index is 12.9. The SMILES string of the molecule is CCOC(=O)C(CCc1ccccc1)N(Cc1ccccc1)Cc1ccccc1. The zero-order valence-electron chi connectivity index (χ0n) is 17.0. The lowest BCUT2D eigenvalue weighted by Gasteiger charge is -2.30. The van der Waals surface area contributed by atoms with E-state index in [1.807, 2.05) is 61.5 Å². The van der Waals surface area contributed by atoms with E-state index >= 15 is 0 Å². The summed E-state index contributed by atoms with van der Waals surface area (Å²) in [5.74, 6) is -0.143. The summed E-state index contributed by atoms with van der Waals surface area (Å²) in [6.07, 6.45) is 1.56. The lowest BCUT2D eigenvalue weighted by atomic mass is 10.0. The number of carbonyl (C=O) groups excluding carboxylic acids is 1. The summed E-state index contributed by atoms with van der Waals surface area (Å²) in [5, 5.41) is 0. The average molecular weight is 388 g/mol. The van der Waals surface area contributed by atoms with Crippen molar-refractivity contribution in [1.29, 1.82) is 0 Å². The molecule has 3 aromatic carbocycles. The van der Waals surface area contributed by atoms with E-state index in [0.717, 1.165) is 12.8 Å². The Balaban J connectivity index is 1.83. The summed E-state index contributed by atoms with van der Waals surface area (Å²) < 4.78 is 5.47. The van der Waals surface area contributed by atoms with E-state index < -0.39 is 0 Å². The van der Waals surface area contributed by atoms with Crippen molar-refractivity contribution >= 4 is 5.97 Å². The van der Waals surface area contributed by atoms with Crippen LogP contribution < -0.4 is 0 Å². The number of carbonyl (C=O) groups is 1. The number of ether oxygens (including phenoxy) is 1. The number of nitrogens with zero attached hydrogens (tertiary/aromatic N) is 1. The van der Waals surface area contributed by atoms with Crippen LogP contribution >= 0.6 is 0 Å². The minimum atomic E-state index is -0.296. The number of rotatable bonds is 10. The first-order chi connectivity index (χ1) is 14.3. The van der Waals surface area contributed by atoms with Gasteiger partial charge in [-0.25, -0.2) is 0 Å². The van der Waals surface area contributed by atoms with Gasteiger partial charge < -0.3 is 4.74 Å². The van der Waals surface area contributed by atoms with Gasteiger partial charge >= 0.3 is 5.97 Å². The molecule has 0 fully saturated rings. The maximum absolute atomic E-state index is 12.9. The van der Waals surface area contributed by atoms with E-state index in [0.29, 0.717) is 19.7 Å². The van der Waals surface area contributed by atoms with Crippen molar-refractivity contribution in [3.05, 3.63) is 108 Å². The van der Waals surface area contributed by atoms with Crippen LogP contribution in [0.1, 0.15) is 30.0 Å². The fourth-order valence-corrected chi connectivity index (χ4v) is 3.55. The highest BCUT2D eigenvalue weighted by atomic mass is 16.5. The lowest BCUT2D eigenvalue weighted by molar-refractivity contribution is -0.150.